The molecule has 1 aliphatic heterocycles. The van der Waals surface area contributed by atoms with Crippen molar-refractivity contribution in [2.24, 2.45) is 16.9 Å². The SMILES string of the molecule is CCCC(=O)Nc1ccc(C2=NNC(=O)[C@@H]3C[C@@H]23)cc1. The predicted octanol–water partition coefficient (Wildman–Crippen LogP) is 1.90. The van der Waals surface area contributed by atoms with Crippen LogP contribution in [0.2, 0.25) is 0 Å². The highest BCUT2D eigenvalue weighted by Crippen LogP contribution is 2.43. The number of nitrogens with zero attached hydrogens (tertiary/aromatic N) is 1. The van der Waals surface area contributed by atoms with Crippen molar-refractivity contribution in [3.8, 4) is 0 Å². The molecule has 5 nitrogen and oxygen atoms in total. The molecule has 3 rings (SSSR count). The normalized spacial score (nSPS) is 23.4. The van der Waals surface area contributed by atoms with Crippen LogP contribution in [-0.4, -0.2) is 17.5 Å². The minimum Gasteiger partial charge on any atom is -0.326 e. The highest BCUT2D eigenvalue weighted by atomic mass is 16.2. The lowest BCUT2D eigenvalue weighted by atomic mass is 10.0. The lowest BCUT2D eigenvalue weighted by molar-refractivity contribution is -0.122. The van der Waals surface area contributed by atoms with Crippen molar-refractivity contribution < 1.29 is 9.59 Å². The Balaban J connectivity index is 1.71. The number of benzene rings is 1. The van der Waals surface area contributed by atoms with Gasteiger partial charge in [0.05, 0.1) is 5.71 Å². The molecule has 1 aromatic carbocycles. The number of hydrogen-bond acceptors (Lipinski definition) is 3. The molecule has 2 aliphatic rings. The summed E-state index contributed by atoms with van der Waals surface area (Å²) in [6.45, 7) is 1.98. The van der Waals surface area contributed by atoms with E-state index in [2.05, 4.69) is 15.8 Å². The standard InChI is InChI=1S/C15H17N3O2/c1-2-3-13(19)16-10-6-4-9(5-7-10)14-11-8-12(11)15(20)18-17-14/h4-7,11-12H,2-3,8H2,1H3,(H,16,19)(H,18,20)/t11-,12-/m1/s1. The first-order valence-corrected chi connectivity index (χ1v) is 6.96. The van der Waals surface area contributed by atoms with E-state index >= 15 is 0 Å². The molecule has 2 atom stereocenters. The number of fused-ring (bicyclic) bond motifs is 1. The molecule has 1 saturated carbocycles. The van der Waals surface area contributed by atoms with Gasteiger partial charge in [-0.1, -0.05) is 19.1 Å². The Morgan fingerprint density at radius 3 is 2.80 bits per heavy atom. The van der Waals surface area contributed by atoms with Gasteiger partial charge in [-0.3, -0.25) is 9.59 Å². The lowest BCUT2D eigenvalue weighted by Gasteiger charge is -2.12. The minimum atomic E-state index is 0.0298. The second-order valence-electron chi connectivity index (χ2n) is 5.30. The van der Waals surface area contributed by atoms with Crippen LogP contribution in [0.5, 0.6) is 0 Å². The molecule has 1 heterocycles. The summed E-state index contributed by atoms with van der Waals surface area (Å²) >= 11 is 0. The Morgan fingerprint density at radius 2 is 2.10 bits per heavy atom. The molecular formula is C15H17N3O2. The number of anilines is 1. The molecule has 0 radical (unpaired) electrons. The average Bonchev–Trinajstić information content (AvgIpc) is 3.22. The zero-order valence-corrected chi connectivity index (χ0v) is 11.3. The van der Waals surface area contributed by atoms with Crippen molar-refractivity contribution >= 4 is 23.2 Å². The molecule has 2 amide bonds. The van der Waals surface area contributed by atoms with E-state index in [4.69, 9.17) is 0 Å². The van der Waals surface area contributed by atoms with E-state index in [1.165, 1.54) is 0 Å². The topological polar surface area (TPSA) is 70.6 Å². The van der Waals surface area contributed by atoms with Gasteiger partial charge in [-0.2, -0.15) is 5.10 Å². The fourth-order valence-electron chi connectivity index (χ4n) is 2.52. The van der Waals surface area contributed by atoms with Crippen LogP contribution in [0.1, 0.15) is 31.7 Å². The molecule has 1 fully saturated rings. The Bertz CT molecular complexity index is 577. The second kappa shape index (κ2) is 5.07. The third-order valence-corrected chi connectivity index (χ3v) is 3.71. The molecule has 0 spiro atoms. The highest BCUT2D eigenvalue weighted by molar-refractivity contribution is 6.09. The van der Waals surface area contributed by atoms with Crippen LogP contribution in [0.25, 0.3) is 0 Å². The van der Waals surface area contributed by atoms with Gasteiger partial charge in [0.1, 0.15) is 0 Å². The van der Waals surface area contributed by atoms with Crippen molar-refractivity contribution in [2.45, 2.75) is 26.2 Å². The maximum Gasteiger partial charge on any atom is 0.243 e. The van der Waals surface area contributed by atoms with Gasteiger partial charge >= 0.3 is 0 Å². The molecular weight excluding hydrogens is 254 g/mol. The fourth-order valence-corrected chi connectivity index (χ4v) is 2.52. The Labute approximate surface area is 117 Å². The zero-order chi connectivity index (χ0) is 14.1. The minimum absolute atomic E-state index is 0.0298. The molecule has 20 heavy (non-hydrogen) atoms. The van der Waals surface area contributed by atoms with Crippen molar-refractivity contribution in [1.82, 2.24) is 5.43 Å². The Kier molecular flexibility index (Phi) is 3.26. The van der Waals surface area contributed by atoms with E-state index in [9.17, 15) is 9.59 Å². The summed E-state index contributed by atoms with van der Waals surface area (Å²) in [6.07, 6.45) is 2.26. The van der Waals surface area contributed by atoms with Crippen LogP contribution in [0.15, 0.2) is 29.4 Å². The molecule has 5 heteroatoms. The summed E-state index contributed by atoms with van der Waals surface area (Å²) in [5.74, 6) is 0.433. The maximum absolute atomic E-state index is 11.5. The predicted molar refractivity (Wildman–Crippen MR) is 76.3 cm³/mol. The Morgan fingerprint density at radius 1 is 1.35 bits per heavy atom. The summed E-state index contributed by atoms with van der Waals surface area (Å²) in [6, 6.07) is 7.62. The highest BCUT2D eigenvalue weighted by Gasteiger charge is 2.49. The molecule has 0 bridgehead atoms. The average molecular weight is 271 g/mol. The van der Waals surface area contributed by atoms with Gasteiger partial charge in [0, 0.05) is 23.9 Å². The fraction of sp³-hybridized carbons (Fsp3) is 0.400. The van der Waals surface area contributed by atoms with Crippen molar-refractivity contribution in [2.75, 3.05) is 5.32 Å². The van der Waals surface area contributed by atoms with Crippen LogP contribution in [0.4, 0.5) is 5.69 Å². The van der Waals surface area contributed by atoms with E-state index in [1.807, 2.05) is 31.2 Å². The van der Waals surface area contributed by atoms with Gasteiger partial charge in [0.15, 0.2) is 0 Å². The van der Waals surface area contributed by atoms with Crippen molar-refractivity contribution in [3.05, 3.63) is 29.8 Å². The van der Waals surface area contributed by atoms with Crippen molar-refractivity contribution in [1.29, 1.82) is 0 Å². The molecule has 104 valence electrons. The van der Waals surface area contributed by atoms with Gasteiger partial charge < -0.3 is 5.32 Å². The molecule has 1 aromatic rings. The summed E-state index contributed by atoms with van der Waals surface area (Å²) in [5.41, 5.74) is 5.31. The number of hydrazone groups is 1. The smallest absolute Gasteiger partial charge is 0.243 e. The van der Waals surface area contributed by atoms with Crippen LogP contribution in [-0.2, 0) is 9.59 Å². The van der Waals surface area contributed by atoms with E-state index in [0.717, 1.165) is 29.8 Å². The van der Waals surface area contributed by atoms with Crippen LogP contribution >= 0.6 is 0 Å². The lowest BCUT2D eigenvalue weighted by Crippen LogP contribution is -2.28. The van der Waals surface area contributed by atoms with E-state index in [0.29, 0.717) is 6.42 Å². The monoisotopic (exact) mass is 271 g/mol. The summed E-state index contributed by atoms with van der Waals surface area (Å²) in [5, 5.41) is 7.01. The molecule has 1 aliphatic carbocycles. The van der Waals surface area contributed by atoms with Gasteiger partial charge in [-0.25, -0.2) is 5.43 Å². The number of hydrogen-bond donors (Lipinski definition) is 2. The number of rotatable bonds is 4. The van der Waals surface area contributed by atoms with E-state index < -0.39 is 0 Å². The number of nitrogens with one attached hydrogen (secondary N) is 2. The summed E-state index contributed by atoms with van der Waals surface area (Å²) in [7, 11) is 0. The molecule has 2 N–H and O–H groups in total. The van der Waals surface area contributed by atoms with Gasteiger partial charge in [-0.15, -0.1) is 0 Å². The molecule has 0 saturated heterocycles. The Hall–Kier alpha value is -2.17. The first kappa shape index (κ1) is 12.8. The van der Waals surface area contributed by atoms with Crippen molar-refractivity contribution in [3.63, 3.8) is 0 Å². The number of carbonyl (C=O) groups excluding carboxylic acids is 2. The first-order valence-electron chi connectivity index (χ1n) is 6.96. The largest absolute Gasteiger partial charge is 0.326 e. The zero-order valence-electron chi connectivity index (χ0n) is 11.3. The van der Waals surface area contributed by atoms with Gasteiger partial charge in [0.2, 0.25) is 11.8 Å². The van der Waals surface area contributed by atoms with E-state index in [-0.39, 0.29) is 23.7 Å². The first-order chi connectivity index (χ1) is 9.69. The summed E-state index contributed by atoms with van der Waals surface area (Å²) in [4.78, 5) is 22.9. The van der Waals surface area contributed by atoms with E-state index in [1.54, 1.807) is 0 Å². The number of carbonyl (C=O) groups is 2. The number of amides is 2. The van der Waals surface area contributed by atoms with Gasteiger partial charge in [0.25, 0.3) is 0 Å². The second-order valence-corrected chi connectivity index (χ2v) is 5.30. The van der Waals surface area contributed by atoms with Crippen LogP contribution in [0.3, 0.4) is 0 Å². The van der Waals surface area contributed by atoms with Crippen LogP contribution in [0, 0.1) is 11.8 Å². The summed E-state index contributed by atoms with van der Waals surface area (Å²) < 4.78 is 0. The third kappa shape index (κ3) is 2.43. The van der Waals surface area contributed by atoms with Gasteiger partial charge in [-0.05, 0) is 30.5 Å². The third-order valence-electron chi connectivity index (χ3n) is 3.71. The molecule has 0 unspecified atom stereocenters. The maximum atomic E-state index is 11.5. The molecule has 0 aromatic heterocycles. The quantitative estimate of drug-likeness (QED) is 0.878. The van der Waals surface area contributed by atoms with Crippen LogP contribution < -0.4 is 10.7 Å².